The van der Waals surface area contributed by atoms with Crippen molar-refractivity contribution < 1.29 is 28.3 Å². The largest absolute Gasteiger partial charge is 0.464 e. The molecular weight excluding hydrogens is 362 g/mol. The molecule has 7 nitrogen and oxygen atoms in total. The maximum absolute atomic E-state index is 12.6. The molecule has 1 aromatic carbocycles. The summed E-state index contributed by atoms with van der Waals surface area (Å²) in [6.45, 7) is 1.97. The Morgan fingerprint density at radius 1 is 1.11 bits per heavy atom. The Morgan fingerprint density at radius 3 is 2.64 bits per heavy atom. The van der Waals surface area contributed by atoms with Crippen LogP contribution in [0.4, 0.5) is 0 Å². The number of carbonyl (C=O) groups excluding carboxylic acids is 3. The fourth-order valence-electron chi connectivity index (χ4n) is 3.30. The first-order chi connectivity index (χ1) is 13.6. The van der Waals surface area contributed by atoms with Crippen molar-refractivity contribution in [3.63, 3.8) is 0 Å². The molecule has 1 fully saturated rings. The van der Waals surface area contributed by atoms with Gasteiger partial charge in [0.2, 0.25) is 5.76 Å². The average Bonchev–Trinajstić information content (AvgIpc) is 3.22. The Kier molecular flexibility index (Phi) is 6.47. The molecule has 28 heavy (non-hydrogen) atoms. The first kappa shape index (κ1) is 19.7. The Hall–Kier alpha value is -3.09. The van der Waals surface area contributed by atoms with E-state index in [1.807, 2.05) is 30.3 Å². The van der Waals surface area contributed by atoms with Gasteiger partial charge in [0.15, 0.2) is 6.61 Å². The van der Waals surface area contributed by atoms with E-state index in [0.717, 1.165) is 18.4 Å². The zero-order chi connectivity index (χ0) is 19.9. The first-order valence-corrected chi connectivity index (χ1v) is 9.38. The van der Waals surface area contributed by atoms with Gasteiger partial charge in [-0.15, -0.1) is 0 Å². The quantitative estimate of drug-likeness (QED) is 0.711. The molecule has 0 bridgehead atoms. The summed E-state index contributed by atoms with van der Waals surface area (Å²) in [5.74, 6) is -1.51. The van der Waals surface area contributed by atoms with E-state index in [-0.39, 0.29) is 12.4 Å². The van der Waals surface area contributed by atoms with Gasteiger partial charge in [0.1, 0.15) is 6.04 Å². The van der Waals surface area contributed by atoms with Gasteiger partial charge in [0, 0.05) is 12.1 Å². The Bertz CT molecular complexity index is 828. The number of nitrogens with zero attached hydrogens (tertiary/aromatic N) is 1. The van der Waals surface area contributed by atoms with E-state index in [1.165, 1.54) is 11.2 Å². The average molecular weight is 385 g/mol. The van der Waals surface area contributed by atoms with Gasteiger partial charge in [-0.3, -0.25) is 4.79 Å². The number of esters is 2. The molecule has 0 radical (unpaired) electrons. The van der Waals surface area contributed by atoms with Gasteiger partial charge < -0.3 is 18.8 Å². The summed E-state index contributed by atoms with van der Waals surface area (Å²) in [6.07, 6.45) is 3.60. The maximum Gasteiger partial charge on any atom is 0.375 e. The van der Waals surface area contributed by atoms with Crippen LogP contribution in [0.3, 0.4) is 0 Å². The number of amides is 1. The number of hydrogen-bond acceptors (Lipinski definition) is 6. The zero-order valence-corrected chi connectivity index (χ0v) is 15.8. The van der Waals surface area contributed by atoms with Gasteiger partial charge in [-0.25, -0.2) is 9.59 Å². The summed E-state index contributed by atoms with van der Waals surface area (Å²) in [6, 6.07) is 10.3. The lowest BCUT2D eigenvalue weighted by Crippen LogP contribution is -2.50. The molecule has 0 N–H and O–H groups in total. The molecule has 7 heteroatoms. The summed E-state index contributed by atoms with van der Waals surface area (Å²) in [5.41, 5.74) is 1.41. The molecule has 1 atom stereocenters. The van der Waals surface area contributed by atoms with Crippen LogP contribution < -0.4 is 0 Å². The van der Waals surface area contributed by atoms with Crippen LogP contribution in [0, 0.1) is 0 Å². The molecule has 2 aromatic rings. The van der Waals surface area contributed by atoms with Crippen molar-refractivity contribution in [3.05, 3.63) is 48.4 Å². The molecule has 1 unspecified atom stereocenters. The third-order valence-electron chi connectivity index (χ3n) is 4.64. The number of rotatable bonds is 6. The molecule has 2 heterocycles. The number of likely N-dealkylation sites (tertiary alicyclic amines) is 1. The van der Waals surface area contributed by atoms with Gasteiger partial charge in [-0.1, -0.05) is 30.3 Å². The SMILES string of the molecule is CCOC(=O)C1CCCCN1C(=O)COC(=O)c1occc1-c1ccccc1. The summed E-state index contributed by atoms with van der Waals surface area (Å²) >= 11 is 0. The normalized spacial score (nSPS) is 16.5. The second kappa shape index (κ2) is 9.21. The molecular formula is C21H23NO6. The van der Waals surface area contributed by atoms with E-state index in [2.05, 4.69) is 0 Å². The molecule has 1 aromatic heterocycles. The molecule has 1 amide bonds. The minimum Gasteiger partial charge on any atom is -0.464 e. The van der Waals surface area contributed by atoms with Crippen molar-refractivity contribution in [2.24, 2.45) is 0 Å². The van der Waals surface area contributed by atoms with Crippen LogP contribution in [0.5, 0.6) is 0 Å². The fraction of sp³-hybridized carbons (Fsp3) is 0.381. The van der Waals surface area contributed by atoms with Crippen LogP contribution >= 0.6 is 0 Å². The summed E-state index contributed by atoms with van der Waals surface area (Å²) in [5, 5.41) is 0. The number of benzene rings is 1. The van der Waals surface area contributed by atoms with Crippen molar-refractivity contribution in [1.29, 1.82) is 0 Å². The number of piperidine rings is 1. The lowest BCUT2D eigenvalue weighted by molar-refractivity contribution is -0.157. The molecule has 1 aliphatic heterocycles. The van der Waals surface area contributed by atoms with E-state index in [1.54, 1.807) is 13.0 Å². The molecule has 148 valence electrons. The highest BCUT2D eigenvalue weighted by molar-refractivity contribution is 5.96. The second-order valence-corrected chi connectivity index (χ2v) is 6.46. The second-order valence-electron chi connectivity index (χ2n) is 6.46. The Balaban J connectivity index is 1.64. The van der Waals surface area contributed by atoms with Crippen molar-refractivity contribution in [2.45, 2.75) is 32.2 Å². The van der Waals surface area contributed by atoms with E-state index < -0.39 is 30.5 Å². The third kappa shape index (κ3) is 4.42. The minimum absolute atomic E-state index is 0.0413. The van der Waals surface area contributed by atoms with Crippen LogP contribution in [0.15, 0.2) is 47.1 Å². The van der Waals surface area contributed by atoms with Crippen molar-refractivity contribution in [3.8, 4) is 11.1 Å². The van der Waals surface area contributed by atoms with Crippen molar-refractivity contribution in [1.82, 2.24) is 4.90 Å². The van der Waals surface area contributed by atoms with Gasteiger partial charge in [-0.2, -0.15) is 0 Å². The maximum atomic E-state index is 12.6. The molecule has 0 saturated carbocycles. The first-order valence-electron chi connectivity index (χ1n) is 9.38. The smallest absolute Gasteiger partial charge is 0.375 e. The standard InChI is InChI=1S/C21H23NO6/c1-2-26-20(24)17-10-6-7-12-22(17)18(23)14-28-21(25)19-16(11-13-27-19)15-8-4-3-5-9-15/h3-5,8-9,11,13,17H,2,6-7,10,12,14H2,1H3. The molecule has 0 spiro atoms. The molecule has 3 rings (SSSR count). The number of ether oxygens (including phenoxy) is 2. The monoisotopic (exact) mass is 385 g/mol. The van der Waals surface area contributed by atoms with Crippen LogP contribution in [0.1, 0.15) is 36.7 Å². The topological polar surface area (TPSA) is 86.0 Å². The lowest BCUT2D eigenvalue weighted by Gasteiger charge is -2.33. The van der Waals surface area contributed by atoms with Crippen LogP contribution in [0.25, 0.3) is 11.1 Å². The third-order valence-corrected chi connectivity index (χ3v) is 4.64. The van der Waals surface area contributed by atoms with Gasteiger partial charge >= 0.3 is 11.9 Å². The van der Waals surface area contributed by atoms with Gasteiger partial charge in [0.05, 0.1) is 12.9 Å². The van der Waals surface area contributed by atoms with Crippen molar-refractivity contribution in [2.75, 3.05) is 19.8 Å². The van der Waals surface area contributed by atoms with Crippen LogP contribution in [-0.2, 0) is 19.1 Å². The molecule has 0 aliphatic carbocycles. The fourth-order valence-corrected chi connectivity index (χ4v) is 3.30. The highest BCUT2D eigenvalue weighted by atomic mass is 16.6. The summed E-state index contributed by atoms with van der Waals surface area (Å²) in [4.78, 5) is 38.5. The predicted molar refractivity (Wildman–Crippen MR) is 100 cm³/mol. The minimum atomic E-state index is -0.720. The van der Waals surface area contributed by atoms with E-state index in [9.17, 15) is 14.4 Å². The summed E-state index contributed by atoms with van der Waals surface area (Å²) < 4.78 is 15.5. The zero-order valence-electron chi connectivity index (χ0n) is 15.8. The van der Waals surface area contributed by atoms with E-state index in [4.69, 9.17) is 13.9 Å². The van der Waals surface area contributed by atoms with Gasteiger partial charge in [0.25, 0.3) is 5.91 Å². The number of hydrogen-bond donors (Lipinski definition) is 0. The number of furan rings is 1. The summed E-state index contributed by atoms with van der Waals surface area (Å²) in [7, 11) is 0. The highest BCUT2D eigenvalue weighted by Gasteiger charge is 2.33. The lowest BCUT2D eigenvalue weighted by atomic mass is 10.0. The predicted octanol–water partition coefficient (Wildman–Crippen LogP) is 3.05. The molecule has 1 saturated heterocycles. The Morgan fingerprint density at radius 2 is 1.89 bits per heavy atom. The van der Waals surface area contributed by atoms with E-state index in [0.29, 0.717) is 18.5 Å². The van der Waals surface area contributed by atoms with Gasteiger partial charge in [-0.05, 0) is 37.8 Å². The van der Waals surface area contributed by atoms with Crippen LogP contribution in [0.2, 0.25) is 0 Å². The van der Waals surface area contributed by atoms with E-state index >= 15 is 0 Å². The highest BCUT2D eigenvalue weighted by Crippen LogP contribution is 2.25. The van der Waals surface area contributed by atoms with Crippen molar-refractivity contribution >= 4 is 17.8 Å². The molecule has 1 aliphatic rings. The Labute approximate surface area is 163 Å². The number of carbonyl (C=O) groups is 3. The van der Waals surface area contributed by atoms with Crippen LogP contribution in [-0.4, -0.2) is 48.5 Å².